The third-order valence-corrected chi connectivity index (χ3v) is 13.0. The van der Waals surface area contributed by atoms with Crippen LogP contribution in [0.25, 0.3) is 0 Å². The molecule has 6 rings (SSSR count). The second-order valence-corrected chi connectivity index (χ2v) is 17.0. The van der Waals surface area contributed by atoms with Crippen LogP contribution in [-0.4, -0.2) is 120 Å². The number of amides is 2. The van der Waals surface area contributed by atoms with Crippen molar-refractivity contribution in [3.05, 3.63) is 140 Å². The van der Waals surface area contributed by atoms with E-state index >= 15 is 0 Å². The fourth-order valence-electron chi connectivity index (χ4n) is 9.31. The molecule has 14 nitrogen and oxygen atoms in total. The highest BCUT2D eigenvalue weighted by Crippen LogP contribution is 2.32. The monoisotopic (exact) mass is 1010 g/mol. The van der Waals surface area contributed by atoms with E-state index in [0.29, 0.717) is 61.9 Å². The van der Waals surface area contributed by atoms with Crippen molar-refractivity contribution in [1.82, 2.24) is 9.80 Å². The van der Waals surface area contributed by atoms with Crippen molar-refractivity contribution in [1.29, 1.82) is 0 Å². The van der Waals surface area contributed by atoms with E-state index in [2.05, 4.69) is 0 Å². The molecule has 4 aromatic rings. The summed E-state index contributed by atoms with van der Waals surface area (Å²) in [5.74, 6) is 1.36. The Bertz CT molecular complexity index is 1980. The van der Waals surface area contributed by atoms with Gasteiger partial charge in [0.25, 0.3) is 23.2 Å². The zero-order chi connectivity index (χ0) is 44.0. The van der Waals surface area contributed by atoms with Crippen LogP contribution in [0, 0.1) is 20.2 Å². The van der Waals surface area contributed by atoms with Crippen LogP contribution in [0.3, 0.4) is 0 Å². The van der Waals surface area contributed by atoms with Gasteiger partial charge in [-0.05, 0) is 62.1 Å². The van der Waals surface area contributed by atoms with E-state index in [-0.39, 0.29) is 67.0 Å². The predicted molar refractivity (Wildman–Crippen MR) is 238 cm³/mol. The van der Waals surface area contributed by atoms with Crippen molar-refractivity contribution in [2.75, 3.05) is 79.7 Å². The Morgan fingerprint density at radius 2 is 0.859 bits per heavy atom. The lowest BCUT2D eigenvalue weighted by Gasteiger charge is -2.45. The summed E-state index contributed by atoms with van der Waals surface area (Å²) in [6, 6.07) is 28.4. The Balaban J connectivity index is 0.00000449. The molecule has 0 bridgehead atoms. The maximum atomic E-state index is 13.3. The van der Waals surface area contributed by atoms with Crippen LogP contribution in [0.2, 0.25) is 0 Å². The van der Waals surface area contributed by atoms with Crippen molar-refractivity contribution in [3.8, 4) is 11.5 Å². The third kappa shape index (κ3) is 13.8. The number of carbonyl (C=O) groups is 2. The topological polar surface area (TPSA) is 145 Å². The second-order valence-electron chi connectivity index (χ2n) is 17.0. The van der Waals surface area contributed by atoms with E-state index in [1.54, 1.807) is 38.5 Å². The first-order valence-electron chi connectivity index (χ1n) is 22.1. The number of nitro benzene ring substituents is 2. The Kier molecular flexibility index (Phi) is 20.2. The summed E-state index contributed by atoms with van der Waals surface area (Å²) in [5.41, 5.74) is 3.11. The van der Waals surface area contributed by atoms with E-state index < -0.39 is 0 Å². The van der Waals surface area contributed by atoms with Crippen LogP contribution < -0.4 is 43.4 Å². The fraction of sp³-hybridized carbons (Fsp3) is 0.458. The number of benzene rings is 4. The number of halogens is 2. The van der Waals surface area contributed by atoms with Crippen LogP contribution in [-0.2, 0) is 13.1 Å². The van der Waals surface area contributed by atoms with Crippen molar-refractivity contribution < 1.29 is 71.8 Å². The molecule has 0 N–H and O–H groups in total. The number of hydrogen-bond donors (Lipinski definition) is 0. The highest BCUT2D eigenvalue weighted by molar-refractivity contribution is 5.94. The molecule has 4 aromatic carbocycles. The van der Waals surface area contributed by atoms with E-state index in [0.717, 1.165) is 111 Å². The molecule has 0 atom stereocenters. The molecule has 2 saturated heterocycles. The largest absolute Gasteiger partial charge is 1.00 e. The van der Waals surface area contributed by atoms with Gasteiger partial charge >= 0.3 is 0 Å². The van der Waals surface area contributed by atoms with Gasteiger partial charge in [-0.1, -0.05) is 62.1 Å². The minimum absolute atomic E-state index is 0. The number of nitrogens with zero attached hydrogens (tertiary/aromatic N) is 6. The highest BCUT2D eigenvalue weighted by Gasteiger charge is 2.37. The molecule has 64 heavy (non-hydrogen) atoms. The van der Waals surface area contributed by atoms with Gasteiger partial charge in [0.1, 0.15) is 24.6 Å². The molecule has 0 saturated carbocycles. The molecule has 2 aliphatic rings. The first kappa shape index (κ1) is 51.7. The first-order valence-corrected chi connectivity index (χ1v) is 22.1. The summed E-state index contributed by atoms with van der Waals surface area (Å²) < 4.78 is 12.8. The maximum absolute atomic E-state index is 13.3. The average Bonchev–Trinajstić information content (AvgIpc) is 3.30. The summed E-state index contributed by atoms with van der Waals surface area (Å²) in [7, 11) is 3.19. The first-order chi connectivity index (χ1) is 30.0. The summed E-state index contributed by atoms with van der Waals surface area (Å²) in [6.45, 7) is 8.58. The summed E-state index contributed by atoms with van der Waals surface area (Å²) in [5, 5.41) is 23.4. The number of unbranched alkanes of at least 4 members (excludes halogenated alkanes) is 7. The number of quaternary nitrogens is 2. The number of ether oxygens (including phenoxy) is 2. The summed E-state index contributed by atoms with van der Waals surface area (Å²) >= 11 is 0. The van der Waals surface area contributed by atoms with Gasteiger partial charge in [0, 0.05) is 35.4 Å². The fourth-order valence-corrected chi connectivity index (χ4v) is 9.31. The lowest BCUT2D eigenvalue weighted by molar-refractivity contribution is -0.944. The normalized spacial score (nSPS) is 15.3. The van der Waals surface area contributed by atoms with E-state index in [9.17, 15) is 29.8 Å². The van der Waals surface area contributed by atoms with Gasteiger partial charge in [-0.3, -0.25) is 29.8 Å². The minimum atomic E-state index is -0.363. The van der Waals surface area contributed by atoms with Crippen molar-refractivity contribution in [2.24, 2.45) is 0 Å². The van der Waals surface area contributed by atoms with Crippen molar-refractivity contribution >= 4 is 23.2 Å². The van der Waals surface area contributed by atoms with Gasteiger partial charge in [0.2, 0.25) is 0 Å². The van der Waals surface area contributed by atoms with Crippen molar-refractivity contribution in [3.63, 3.8) is 0 Å². The van der Waals surface area contributed by atoms with E-state index in [1.165, 1.54) is 12.1 Å². The zero-order valence-electron chi connectivity index (χ0n) is 37.1. The molecule has 0 aliphatic carbocycles. The van der Waals surface area contributed by atoms with Crippen LogP contribution in [0.4, 0.5) is 11.4 Å². The summed E-state index contributed by atoms with van der Waals surface area (Å²) in [4.78, 5) is 53.1. The van der Waals surface area contributed by atoms with Crippen LogP contribution >= 0.6 is 0 Å². The molecular weight excluding hydrogens is 948 g/mol. The van der Waals surface area contributed by atoms with Gasteiger partial charge in [0.05, 0.1) is 101 Å². The van der Waals surface area contributed by atoms with Crippen molar-refractivity contribution in [2.45, 2.75) is 64.5 Å². The Hall–Kier alpha value is -4.90. The van der Waals surface area contributed by atoms with E-state index in [1.807, 2.05) is 70.5 Å². The van der Waals surface area contributed by atoms with Crippen LogP contribution in [0.1, 0.15) is 83.2 Å². The predicted octanol–water partition coefficient (Wildman–Crippen LogP) is 2.29. The smallest absolute Gasteiger partial charge is 0.270 e. The minimum Gasteiger partial charge on any atom is -1.00 e. The maximum Gasteiger partial charge on any atom is 0.270 e. The summed E-state index contributed by atoms with van der Waals surface area (Å²) in [6.07, 6.45) is 8.74. The standard InChI is InChI=1S/C48H62N6O8.2BrH/c1-61-45-23-21-43(51(57)58)35-41(45)37-53(31-25-49(26-32-53)47(55)39-17-11-9-12-18-39)29-15-7-5-3-4-6-8-16-30-54(38-42-36-44(52(59)60)22-24-46(42)62-2)33-27-50(28-34-54)48(56)40-19-13-10-14-20-40;;/h9-14,17-24,35-36H,3-8,15-16,25-34,37-38H2,1-2H3;2*1H/q+2;;/p-2. The van der Waals surface area contributed by atoms with Gasteiger partial charge in [-0.25, -0.2) is 0 Å². The molecule has 346 valence electrons. The van der Waals surface area contributed by atoms with Gasteiger partial charge in [-0.15, -0.1) is 0 Å². The Morgan fingerprint density at radius 1 is 0.531 bits per heavy atom. The molecule has 2 heterocycles. The number of rotatable bonds is 21. The molecule has 16 heteroatoms. The van der Waals surface area contributed by atoms with Gasteiger partial charge in [-0.2, -0.15) is 0 Å². The molecule has 0 radical (unpaired) electrons. The zero-order valence-corrected chi connectivity index (χ0v) is 40.3. The lowest BCUT2D eigenvalue weighted by Crippen LogP contribution is -3.00. The highest BCUT2D eigenvalue weighted by atomic mass is 79.9. The van der Waals surface area contributed by atoms with Gasteiger partial charge < -0.3 is 62.2 Å². The van der Waals surface area contributed by atoms with Crippen LogP contribution in [0.15, 0.2) is 97.1 Å². The third-order valence-electron chi connectivity index (χ3n) is 13.0. The quantitative estimate of drug-likeness (QED) is 0.0536. The number of hydrogen-bond acceptors (Lipinski definition) is 8. The number of methoxy groups -OCH3 is 2. The lowest BCUT2D eigenvalue weighted by atomic mass is 10.0. The number of nitro groups is 2. The number of non-ortho nitro benzene ring substituents is 2. The molecule has 0 aromatic heterocycles. The Labute approximate surface area is 398 Å². The number of piperazine rings is 2. The molecular formula is C48H62Br2N6O8. The molecule has 2 aliphatic heterocycles. The number of carbonyl (C=O) groups excluding carboxylic acids is 2. The Morgan fingerprint density at radius 3 is 1.17 bits per heavy atom. The molecule has 0 spiro atoms. The average molecular weight is 1010 g/mol. The second kappa shape index (κ2) is 25.0. The van der Waals surface area contributed by atoms with Crippen LogP contribution in [0.5, 0.6) is 11.5 Å². The van der Waals surface area contributed by atoms with Gasteiger partial charge in [0.15, 0.2) is 0 Å². The SMILES string of the molecule is COc1ccc([N+](=O)[O-])cc1C[N+]1(CCCCCCCCCC[N+]2(Cc3cc([N+](=O)[O-])ccc3OC)CCN(C(=O)c3ccccc3)CC2)CCN(C(=O)c2ccccc2)CC1.[Br-].[Br-]. The molecule has 2 fully saturated rings. The van der Waals surface area contributed by atoms with E-state index in [4.69, 9.17) is 9.47 Å². The molecule has 2 amide bonds. The molecule has 0 unspecified atom stereocenters.